The van der Waals surface area contributed by atoms with Crippen LogP contribution in [-0.2, 0) is 0 Å². The van der Waals surface area contributed by atoms with Gasteiger partial charge in [0.1, 0.15) is 0 Å². The second-order valence-electron chi connectivity index (χ2n) is 3.94. The van der Waals surface area contributed by atoms with Gasteiger partial charge < -0.3 is 10.6 Å². The molecule has 2 N–H and O–H groups in total. The number of rotatable bonds is 3. The van der Waals surface area contributed by atoms with Crippen LogP contribution in [0.3, 0.4) is 0 Å². The molecule has 0 saturated heterocycles. The number of amides is 2. The molecule has 3 heteroatoms. The molecule has 0 aromatic rings. The van der Waals surface area contributed by atoms with Crippen molar-refractivity contribution in [3.8, 4) is 12.3 Å². The van der Waals surface area contributed by atoms with Gasteiger partial charge in [-0.3, -0.25) is 0 Å². The van der Waals surface area contributed by atoms with Crippen LogP contribution in [-0.4, -0.2) is 18.1 Å². The van der Waals surface area contributed by atoms with Crippen molar-refractivity contribution < 1.29 is 4.79 Å². The first-order valence-corrected chi connectivity index (χ1v) is 4.45. The molecular weight excluding hydrogens is 164 g/mol. The van der Waals surface area contributed by atoms with E-state index in [-0.39, 0.29) is 11.6 Å². The highest BCUT2D eigenvalue weighted by Gasteiger charge is 2.12. The molecule has 0 rings (SSSR count). The zero-order valence-electron chi connectivity index (χ0n) is 8.61. The highest BCUT2D eigenvalue weighted by Crippen LogP contribution is 1.97. The van der Waals surface area contributed by atoms with Crippen LogP contribution in [0.2, 0.25) is 0 Å². The van der Waals surface area contributed by atoms with Crippen molar-refractivity contribution in [1.29, 1.82) is 0 Å². The summed E-state index contributed by atoms with van der Waals surface area (Å²) >= 11 is 0. The van der Waals surface area contributed by atoms with Crippen molar-refractivity contribution in [2.24, 2.45) is 0 Å². The predicted octanol–water partition coefficient (Wildman–Crippen LogP) is 1.50. The Hall–Kier alpha value is -1.17. The highest BCUT2D eigenvalue weighted by molar-refractivity contribution is 5.74. The molecule has 0 saturated carbocycles. The van der Waals surface area contributed by atoms with Crippen LogP contribution in [0.5, 0.6) is 0 Å². The second kappa shape index (κ2) is 5.47. The van der Waals surface area contributed by atoms with Gasteiger partial charge in [-0.1, -0.05) is 0 Å². The predicted molar refractivity (Wildman–Crippen MR) is 54.4 cm³/mol. The number of hydrogen-bond donors (Lipinski definition) is 2. The maximum atomic E-state index is 11.1. The number of unbranched alkanes of at least 4 members (excludes halogenated alkanes) is 1. The zero-order chi connectivity index (χ0) is 10.3. The third-order valence-corrected chi connectivity index (χ3v) is 1.27. The maximum absolute atomic E-state index is 11.1. The van der Waals surface area contributed by atoms with Gasteiger partial charge >= 0.3 is 6.03 Å². The van der Waals surface area contributed by atoms with Crippen LogP contribution in [0.1, 0.15) is 33.6 Å². The van der Waals surface area contributed by atoms with Crippen molar-refractivity contribution in [2.75, 3.05) is 6.54 Å². The fraction of sp³-hybridized carbons (Fsp3) is 0.700. The topological polar surface area (TPSA) is 41.1 Å². The van der Waals surface area contributed by atoms with Gasteiger partial charge in [0.2, 0.25) is 0 Å². The average molecular weight is 182 g/mol. The summed E-state index contributed by atoms with van der Waals surface area (Å²) in [6.45, 7) is 6.45. The summed E-state index contributed by atoms with van der Waals surface area (Å²) in [5.41, 5.74) is -0.184. The Morgan fingerprint density at radius 1 is 1.46 bits per heavy atom. The lowest BCUT2D eigenvalue weighted by molar-refractivity contribution is 0.232. The summed E-state index contributed by atoms with van der Waals surface area (Å²) in [4.78, 5) is 11.1. The quantitative estimate of drug-likeness (QED) is 0.504. The summed E-state index contributed by atoms with van der Waals surface area (Å²) in [5, 5.41) is 5.52. The number of urea groups is 1. The van der Waals surface area contributed by atoms with Crippen LogP contribution in [0, 0.1) is 12.3 Å². The minimum atomic E-state index is -0.184. The molecule has 3 nitrogen and oxygen atoms in total. The van der Waals surface area contributed by atoms with Crippen molar-refractivity contribution in [2.45, 2.75) is 39.2 Å². The largest absolute Gasteiger partial charge is 0.338 e. The van der Waals surface area contributed by atoms with Crippen molar-refractivity contribution in [3.63, 3.8) is 0 Å². The van der Waals surface area contributed by atoms with Crippen molar-refractivity contribution in [3.05, 3.63) is 0 Å². The fourth-order valence-corrected chi connectivity index (χ4v) is 0.777. The molecule has 0 heterocycles. The monoisotopic (exact) mass is 182 g/mol. The average Bonchev–Trinajstić information content (AvgIpc) is 1.94. The number of carbonyl (C=O) groups excluding carboxylic acids is 1. The van der Waals surface area contributed by atoms with Crippen LogP contribution < -0.4 is 10.6 Å². The molecule has 0 fully saturated rings. The Kier molecular flexibility index (Phi) is 4.98. The number of hydrogen-bond acceptors (Lipinski definition) is 1. The zero-order valence-corrected chi connectivity index (χ0v) is 8.61. The molecule has 13 heavy (non-hydrogen) atoms. The fourth-order valence-electron chi connectivity index (χ4n) is 0.777. The number of carbonyl (C=O) groups is 1. The first-order chi connectivity index (χ1) is 5.95. The Labute approximate surface area is 80.3 Å². The number of terminal acetylenes is 1. The second-order valence-corrected chi connectivity index (χ2v) is 3.94. The minimum Gasteiger partial charge on any atom is -0.338 e. The molecule has 0 aromatic carbocycles. The van der Waals surface area contributed by atoms with Crippen LogP contribution in [0.25, 0.3) is 0 Å². The van der Waals surface area contributed by atoms with E-state index >= 15 is 0 Å². The first-order valence-electron chi connectivity index (χ1n) is 4.45. The van der Waals surface area contributed by atoms with Gasteiger partial charge in [0.05, 0.1) is 0 Å². The van der Waals surface area contributed by atoms with Crippen LogP contribution in [0.4, 0.5) is 4.79 Å². The third-order valence-electron chi connectivity index (χ3n) is 1.27. The maximum Gasteiger partial charge on any atom is 0.315 e. The van der Waals surface area contributed by atoms with E-state index in [9.17, 15) is 4.79 Å². The molecule has 0 aliphatic carbocycles. The van der Waals surface area contributed by atoms with Gasteiger partial charge in [-0.25, -0.2) is 4.79 Å². The molecule has 0 aliphatic rings. The minimum absolute atomic E-state index is 0.135. The molecular formula is C10H18N2O. The van der Waals surface area contributed by atoms with Crippen molar-refractivity contribution >= 4 is 6.03 Å². The molecule has 2 amide bonds. The van der Waals surface area contributed by atoms with E-state index in [1.807, 2.05) is 20.8 Å². The Morgan fingerprint density at radius 2 is 2.08 bits per heavy atom. The Morgan fingerprint density at radius 3 is 2.54 bits per heavy atom. The summed E-state index contributed by atoms with van der Waals surface area (Å²) in [6, 6.07) is -0.135. The normalized spacial score (nSPS) is 10.3. The molecule has 0 atom stereocenters. The summed E-state index contributed by atoms with van der Waals surface area (Å²) in [6.07, 6.45) is 6.60. The third kappa shape index (κ3) is 8.74. The molecule has 0 aromatic heterocycles. The van der Waals surface area contributed by atoms with Gasteiger partial charge in [0, 0.05) is 18.5 Å². The smallest absolute Gasteiger partial charge is 0.315 e. The lowest BCUT2D eigenvalue weighted by atomic mass is 10.1. The Bertz CT molecular complexity index is 198. The van der Waals surface area contributed by atoms with Gasteiger partial charge in [-0.05, 0) is 27.2 Å². The van der Waals surface area contributed by atoms with Crippen LogP contribution in [0.15, 0.2) is 0 Å². The number of nitrogens with one attached hydrogen (secondary N) is 2. The summed E-state index contributed by atoms with van der Waals surface area (Å²) in [7, 11) is 0. The first kappa shape index (κ1) is 11.8. The SMILES string of the molecule is C#CCCCNC(=O)NC(C)(C)C. The van der Waals surface area contributed by atoms with E-state index in [2.05, 4.69) is 16.6 Å². The van der Waals surface area contributed by atoms with E-state index in [1.165, 1.54) is 0 Å². The highest BCUT2D eigenvalue weighted by atomic mass is 16.2. The van der Waals surface area contributed by atoms with Gasteiger partial charge in [0.15, 0.2) is 0 Å². The lowest BCUT2D eigenvalue weighted by Crippen LogP contribution is -2.46. The molecule has 0 spiro atoms. The van der Waals surface area contributed by atoms with E-state index in [4.69, 9.17) is 6.42 Å². The molecule has 0 aliphatic heterocycles. The molecule has 0 bridgehead atoms. The van der Waals surface area contributed by atoms with E-state index in [1.54, 1.807) is 0 Å². The van der Waals surface area contributed by atoms with Crippen molar-refractivity contribution in [1.82, 2.24) is 10.6 Å². The van der Waals surface area contributed by atoms with Crippen LogP contribution >= 0.6 is 0 Å². The lowest BCUT2D eigenvalue weighted by Gasteiger charge is -2.20. The van der Waals surface area contributed by atoms with Gasteiger partial charge in [-0.15, -0.1) is 12.3 Å². The standard InChI is InChI=1S/C10H18N2O/c1-5-6-7-8-11-9(13)12-10(2,3)4/h1H,6-8H2,2-4H3,(H2,11,12,13). The van der Waals surface area contributed by atoms with Gasteiger partial charge in [0.25, 0.3) is 0 Å². The molecule has 0 unspecified atom stereocenters. The summed E-state index contributed by atoms with van der Waals surface area (Å²) < 4.78 is 0. The van der Waals surface area contributed by atoms with Gasteiger partial charge in [-0.2, -0.15) is 0 Å². The summed E-state index contributed by atoms with van der Waals surface area (Å²) in [5.74, 6) is 2.52. The molecule has 0 radical (unpaired) electrons. The van der Waals surface area contributed by atoms with E-state index < -0.39 is 0 Å². The van der Waals surface area contributed by atoms with E-state index in [0.717, 1.165) is 6.42 Å². The van der Waals surface area contributed by atoms with E-state index in [0.29, 0.717) is 13.0 Å². The molecule has 74 valence electrons. The Balaban J connectivity index is 3.48.